The third-order valence-electron chi connectivity index (χ3n) is 11.8. The van der Waals surface area contributed by atoms with Gasteiger partial charge in [0, 0.05) is 16.3 Å². The lowest BCUT2D eigenvalue weighted by molar-refractivity contribution is 0.734. The summed E-state index contributed by atoms with van der Waals surface area (Å²) < 4.78 is 2.48. The van der Waals surface area contributed by atoms with E-state index in [0.717, 1.165) is 40.8 Å². The summed E-state index contributed by atoms with van der Waals surface area (Å²) in [7, 11) is 0. The summed E-state index contributed by atoms with van der Waals surface area (Å²) >= 11 is 0. The van der Waals surface area contributed by atoms with Crippen LogP contribution in [0.2, 0.25) is 0 Å². The molecule has 9 rings (SSSR count). The molecular formula is C47H37N3. The van der Waals surface area contributed by atoms with Crippen LogP contribution in [0.3, 0.4) is 0 Å². The average molecular weight is 644 g/mol. The van der Waals surface area contributed by atoms with Gasteiger partial charge in [0.25, 0.3) is 0 Å². The van der Waals surface area contributed by atoms with Crippen molar-refractivity contribution in [3.8, 4) is 34.0 Å². The number of rotatable bonds is 5. The van der Waals surface area contributed by atoms with Crippen molar-refractivity contribution in [2.24, 2.45) is 0 Å². The van der Waals surface area contributed by atoms with Crippen molar-refractivity contribution in [1.82, 2.24) is 4.57 Å². The molecule has 1 spiro atoms. The zero-order valence-corrected chi connectivity index (χ0v) is 28.9. The summed E-state index contributed by atoms with van der Waals surface area (Å²) in [5, 5.41) is 12.7. The zero-order valence-electron chi connectivity index (χ0n) is 28.9. The van der Waals surface area contributed by atoms with E-state index in [1.54, 1.807) is 0 Å². The van der Waals surface area contributed by atoms with Gasteiger partial charge >= 0.3 is 0 Å². The van der Waals surface area contributed by atoms with Crippen molar-refractivity contribution < 1.29 is 0 Å². The maximum absolute atomic E-state index is 10.1. The smallest absolute Gasteiger partial charge is 0.187 e. The first-order chi connectivity index (χ1) is 24.4. The summed E-state index contributed by atoms with van der Waals surface area (Å²) in [6.07, 6.45) is 2.19. The third kappa shape index (κ3) is 3.90. The van der Waals surface area contributed by atoms with Crippen molar-refractivity contribution in [2.45, 2.75) is 57.8 Å². The molecule has 0 fully saturated rings. The van der Waals surface area contributed by atoms with E-state index in [1.165, 1.54) is 55.2 Å². The third-order valence-corrected chi connectivity index (χ3v) is 11.8. The standard InChI is InChI=1S/C47H37N3/c1-6-28(3)31-16-21-43-37(24-31)38-25-32(29(4)7-2)17-22-44(38)50(43)45-14-10-13-40-46(45)36-11-8-9-12-39(36)47(40)41-23-30(27-48)15-19-34(41)35-20-18-33(49-5)26-42(35)47/h8-26,28-29H,6-7H2,1-4H3. The van der Waals surface area contributed by atoms with Crippen LogP contribution in [0, 0.1) is 17.9 Å². The van der Waals surface area contributed by atoms with Crippen molar-refractivity contribution in [2.75, 3.05) is 0 Å². The Bertz CT molecular complexity index is 2510. The second-order valence-electron chi connectivity index (χ2n) is 14.2. The minimum Gasteiger partial charge on any atom is -0.309 e. The number of aromatic nitrogens is 1. The van der Waals surface area contributed by atoms with Gasteiger partial charge in [-0.1, -0.05) is 100 Å². The summed E-state index contributed by atoms with van der Waals surface area (Å²) in [5.41, 5.74) is 16.1. The Morgan fingerprint density at radius 1 is 0.660 bits per heavy atom. The Morgan fingerprint density at radius 3 is 1.92 bits per heavy atom. The van der Waals surface area contributed by atoms with E-state index in [2.05, 4.69) is 146 Å². The molecule has 6 aromatic carbocycles. The van der Waals surface area contributed by atoms with Crippen LogP contribution in [-0.4, -0.2) is 4.57 Å². The number of hydrogen-bond donors (Lipinski definition) is 0. The second kappa shape index (κ2) is 11.1. The Labute approximate surface area is 293 Å². The van der Waals surface area contributed by atoms with Gasteiger partial charge in [0.1, 0.15) is 0 Å². The van der Waals surface area contributed by atoms with Crippen LogP contribution in [0.25, 0.3) is 54.6 Å². The Hall–Kier alpha value is -5.90. The van der Waals surface area contributed by atoms with Crippen molar-refractivity contribution in [3.63, 3.8) is 0 Å². The van der Waals surface area contributed by atoms with Crippen LogP contribution in [0.1, 0.15) is 91.3 Å². The number of benzene rings is 6. The van der Waals surface area contributed by atoms with E-state index in [4.69, 9.17) is 6.57 Å². The Balaban J connectivity index is 1.42. The molecule has 2 aliphatic rings. The van der Waals surface area contributed by atoms with Gasteiger partial charge in [-0.25, -0.2) is 4.85 Å². The summed E-state index contributed by atoms with van der Waals surface area (Å²) in [5.74, 6) is 0.953. The highest BCUT2D eigenvalue weighted by molar-refractivity contribution is 6.11. The highest BCUT2D eigenvalue weighted by Gasteiger charge is 2.52. The van der Waals surface area contributed by atoms with Gasteiger partial charge in [-0.3, -0.25) is 0 Å². The highest BCUT2D eigenvalue weighted by Crippen LogP contribution is 2.64. The van der Waals surface area contributed by atoms with Crippen LogP contribution in [0.5, 0.6) is 0 Å². The molecule has 3 heteroatoms. The molecule has 0 radical (unpaired) electrons. The molecule has 0 saturated heterocycles. The molecule has 0 amide bonds. The van der Waals surface area contributed by atoms with Gasteiger partial charge in [-0.2, -0.15) is 5.26 Å². The fraction of sp³-hybridized carbons (Fsp3) is 0.191. The minimum absolute atomic E-state index is 0.476. The average Bonchev–Trinajstić information content (AvgIpc) is 3.77. The predicted molar refractivity (Wildman–Crippen MR) is 205 cm³/mol. The van der Waals surface area contributed by atoms with E-state index >= 15 is 0 Å². The molecule has 3 unspecified atom stereocenters. The van der Waals surface area contributed by atoms with Crippen LogP contribution < -0.4 is 0 Å². The van der Waals surface area contributed by atoms with Gasteiger partial charge in [0.15, 0.2) is 5.69 Å². The Morgan fingerprint density at radius 2 is 1.28 bits per heavy atom. The lowest BCUT2D eigenvalue weighted by atomic mass is 9.70. The maximum Gasteiger partial charge on any atom is 0.187 e. The number of fused-ring (bicyclic) bond motifs is 13. The molecule has 0 N–H and O–H groups in total. The lowest BCUT2D eigenvalue weighted by Crippen LogP contribution is -2.26. The zero-order chi connectivity index (χ0) is 34.3. The first-order valence-corrected chi connectivity index (χ1v) is 17.8. The van der Waals surface area contributed by atoms with E-state index < -0.39 is 5.41 Å². The summed E-state index contributed by atoms with van der Waals surface area (Å²) in [6.45, 7) is 17.1. The molecule has 50 heavy (non-hydrogen) atoms. The summed E-state index contributed by atoms with van der Waals surface area (Å²) in [4.78, 5) is 3.88. The first kappa shape index (κ1) is 30.2. The quantitative estimate of drug-likeness (QED) is 0.172. The van der Waals surface area contributed by atoms with Gasteiger partial charge in [-0.05, 0) is 117 Å². The maximum atomic E-state index is 10.1. The van der Waals surface area contributed by atoms with Gasteiger partial charge in [0.2, 0.25) is 0 Å². The lowest BCUT2D eigenvalue weighted by Gasteiger charge is -2.31. The molecule has 2 aliphatic carbocycles. The Kier molecular flexibility index (Phi) is 6.68. The molecule has 1 heterocycles. The predicted octanol–water partition coefficient (Wildman–Crippen LogP) is 12.6. The number of nitriles is 1. The van der Waals surface area contributed by atoms with Crippen molar-refractivity contribution >= 4 is 27.5 Å². The topological polar surface area (TPSA) is 33.1 Å². The molecule has 3 atom stereocenters. The van der Waals surface area contributed by atoms with E-state index in [-0.39, 0.29) is 0 Å². The van der Waals surface area contributed by atoms with Crippen LogP contribution in [0.4, 0.5) is 5.69 Å². The van der Waals surface area contributed by atoms with Gasteiger partial charge in [-0.15, -0.1) is 0 Å². The second-order valence-corrected chi connectivity index (χ2v) is 14.2. The fourth-order valence-corrected chi connectivity index (χ4v) is 8.93. The van der Waals surface area contributed by atoms with Gasteiger partial charge < -0.3 is 4.57 Å². The molecule has 1 aromatic heterocycles. The fourth-order valence-electron chi connectivity index (χ4n) is 8.93. The van der Waals surface area contributed by atoms with Crippen molar-refractivity contribution in [3.05, 3.63) is 166 Å². The highest BCUT2D eigenvalue weighted by atomic mass is 15.0. The largest absolute Gasteiger partial charge is 0.309 e. The molecule has 240 valence electrons. The number of hydrogen-bond acceptors (Lipinski definition) is 1. The van der Waals surface area contributed by atoms with Crippen LogP contribution in [-0.2, 0) is 5.41 Å². The van der Waals surface area contributed by atoms with Crippen LogP contribution >= 0.6 is 0 Å². The SMILES string of the molecule is [C-]#[N+]c1ccc2c(c1)C1(c3cc(C#N)ccc3-2)c2ccccc2-c2c(-n3c4ccc(C(C)CC)cc4c4cc(C(C)CC)ccc43)cccc21. The van der Waals surface area contributed by atoms with Crippen LogP contribution in [0.15, 0.2) is 115 Å². The summed E-state index contributed by atoms with van der Waals surface area (Å²) in [6, 6.07) is 44.3. The molecule has 0 bridgehead atoms. The normalized spacial score (nSPS) is 16.4. The molecule has 7 aromatic rings. The van der Waals surface area contributed by atoms with E-state index in [0.29, 0.717) is 23.1 Å². The number of nitrogens with zero attached hydrogens (tertiary/aromatic N) is 3. The van der Waals surface area contributed by atoms with E-state index in [9.17, 15) is 5.26 Å². The molecular weight excluding hydrogens is 607 g/mol. The molecule has 3 nitrogen and oxygen atoms in total. The first-order valence-electron chi connectivity index (χ1n) is 17.8. The monoisotopic (exact) mass is 643 g/mol. The molecule has 0 saturated carbocycles. The van der Waals surface area contributed by atoms with Crippen molar-refractivity contribution in [1.29, 1.82) is 5.26 Å². The van der Waals surface area contributed by atoms with Gasteiger partial charge in [0.05, 0.1) is 40.3 Å². The van der Waals surface area contributed by atoms with E-state index in [1.807, 2.05) is 12.1 Å². The minimum atomic E-state index is -0.660. The molecule has 0 aliphatic heterocycles.